The second-order valence-electron chi connectivity index (χ2n) is 4.08. The lowest BCUT2D eigenvalue weighted by Gasteiger charge is -2.39. The number of aliphatic hydroxyl groups excluding tert-OH is 1. The minimum atomic E-state index is -5.84. The third-order valence-corrected chi connectivity index (χ3v) is 3.64. The molecule has 0 aromatic rings. The third kappa shape index (κ3) is 2.72. The van der Waals surface area contributed by atoms with Crippen molar-refractivity contribution >= 4 is 16.1 Å². The van der Waals surface area contributed by atoms with E-state index in [4.69, 9.17) is 9.66 Å². The summed E-state index contributed by atoms with van der Waals surface area (Å²) in [5.74, 6) is -2.33. The second kappa shape index (κ2) is 4.46. The van der Waals surface area contributed by atoms with Crippen LogP contribution in [0.15, 0.2) is 0 Å². The summed E-state index contributed by atoms with van der Waals surface area (Å²) in [7, 11) is -5.84. The summed E-state index contributed by atoms with van der Waals surface area (Å²) in [5.41, 5.74) is -0.759. The highest BCUT2D eigenvalue weighted by Crippen LogP contribution is 2.41. The number of esters is 1. The van der Waals surface area contributed by atoms with Gasteiger partial charge in [0.25, 0.3) is 0 Å². The quantitative estimate of drug-likeness (QED) is 0.547. The fourth-order valence-corrected chi connectivity index (χ4v) is 1.70. The maximum Gasteiger partial charge on any atom is 0.465 e. The number of aliphatic hydroxyl groups is 1. The zero-order valence-electron chi connectivity index (χ0n) is 8.73. The van der Waals surface area contributed by atoms with Crippen molar-refractivity contribution in [1.29, 1.82) is 0 Å². The first-order chi connectivity index (χ1) is 7.65. The highest BCUT2D eigenvalue weighted by atomic mass is 32.2. The Hall–Kier alpha value is -0.800. The summed E-state index contributed by atoms with van der Waals surface area (Å²) in [6.45, 7) is -0.828. The van der Waals surface area contributed by atoms with Crippen LogP contribution in [0.25, 0.3) is 0 Å². The molecule has 6 nitrogen and oxygen atoms in total. The molecule has 0 heterocycles. The molecule has 0 saturated heterocycles. The Balaban J connectivity index is 2.62. The van der Waals surface area contributed by atoms with Crippen molar-refractivity contribution in [3.63, 3.8) is 0 Å². The van der Waals surface area contributed by atoms with E-state index in [2.05, 4.69) is 4.74 Å². The average molecular weight is 274 g/mol. The first-order valence-corrected chi connectivity index (χ1v) is 6.22. The number of alkyl halides is 2. The Bertz CT molecular complexity index is 395. The Morgan fingerprint density at radius 3 is 2.24 bits per heavy atom. The number of ether oxygens (including phenoxy) is 1. The molecule has 0 amide bonds. The van der Waals surface area contributed by atoms with Crippen molar-refractivity contribution in [2.45, 2.75) is 24.5 Å². The predicted molar refractivity (Wildman–Crippen MR) is 50.8 cm³/mol. The van der Waals surface area contributed by atoms with E-state index in [1.165, 1.54) is 0 Å². The maximum absolute atomic E-state index is 12.8. The van der Waals surface area contributed by atoms with Gasteiger partial charge in [0, 0.05) is 5.41 Å². The van der Waals surface area contributed by atoms with Gasteiger partial charge in [-0.05, 0) is 12.8 Å². The number of hydrogen-bond donors (Lipinski definition) is 2. The zero-order chi connectivity index (χ0) is 13.3. The summed E-state index contributed by atoms with van der Waals surface area (Å²) >= 11 is 0. The Kier molecular flexibility index (Phi) is 3.75. The van der Waals surface area contributed by atoms with E-state index in [1.54, 1.807) is 0 Å². The van der Waals surface area contributed by atoms with Crippen LogP contribution >= 0.6 is 0 Å². The topological polar surface area (TPSA) is 101 Å². The van der Waals surface area contributed by atoms with Crippen molar-refractivity contribution in [2.24, 2.45) is 5.41 Å². The van der Waals surface area contributed by atoms with Crippen LogP contribution in [0.3, 0.4) is 0 Å². The normalized spacial score (nSPS) is 19.5. The minimum Gasteiger partial charge on any atom is -0.460 e. The van der Waals surface area contributed by atoms with E-state index in [1.807, 2.05) is 0 Å². The Labute approximate surface area is 96.3 Å². The van der Waals surface area contributed by atoms with Gasteiger partial charge in [-0.15, -0.1) is 0 Å². The molecule has 1 saturated carbocycles. The van der Waals surface area contributed by atoms with Crippen molar-refractivity contribution in [1.82, 2.24) is 0 Å². The highest BCUT2D eigenvalue weighted by molar-refractivity contribution is 7.87. The van der Waals surface area contributed by atoms with Gasteiger partial charge in [-0.25, -0.2) is 4.79 Å². The molecule has 0 spiro atoms. The molecule has 1 aliphatic carbocycles. The first-order valence-electron chi connectivity index (χ1n) is 4.78. The monoisotopic (exact) mass is 274 g/mol. The van der Waals surface area contributed by atoms with Crippen molar-refractivity contribution < 1.29 is 36.4 Å². The lowest BCUT2D eigenvalue weighted by molar-refractivity contribution is -0.168. The Morgan fingerprint density at radius 1 is 1.41 bits per heavy atom. The van der Waals surface area contributed by atoms with E-state index in [-0.39, 0.29) is 6.61 Å². The van der Waals surface area contributed by atoms with Crippen LogP contribution < -0.4 is 0 Å². The molecule has 0 aromatic carbocycles. The molecule has 1 fully saturated rings. The highest BCUT2D eigenvalue weighted by Gasteiger charge is 2.55. The summed E-state index contributed by atoms with van der Waals surface area (Å²) in [6.07, 6.45) is 1.79. The van der Waals surface area contributed by atoms with Gasteiger partial charge in [0.15, 0.2) is 0 Å². The maximum atomic E-state index is 12.8. The van der Waals surface area contributed by atoms with E-state index in [0.717, 1.165) is 6.42 Å². The van der Waals surface area contributed by atoms with Crippen LogP contribution in [-0.4, -0.2) is 42.5 Å². The van der Waals surface area contributed by atoms with Crippen LogP contribution in [0.4, 0.5) is 8.78 Å². The molecule has 9 heteroatoms. The molecule has 2 N–H and O–H groups in total. The van der Waals surface area contributed by atoms with Gasteiger partial charge in [0.05, 0.1) is 13.2 Å². The van der Waals surface area contributed by atoms with Crippen molar-refractivity contribution in [3.8, 4) is 0 Å². The van der Waals surface area contributed by atoms with Crippen LogP contribution in [0.5, 0.6) is 0 Å². The number of halogens is 2. The summed E-state index contributed by atoms with van der Waals surface area (Å²) in [5, 5.41) is 3.99. The third-order valence-electron chi connectivity index (χ3n) is 2.82. The molecule has 100 valence electrons. The van der Waals surface area contributed by atoms with E-state index in [9.17, 15) is 22.0 Å². The lowest BCUT2D eigenvalue weighted by Crippen LogP contribution is -2.44. The van der Waals surface area contributed by atoms with Crippen molar-refractivity contribution in [2.75, 3.05) is 13.2 Å². The number of hydrogen-bond acceptors (Lipinski definition) is 5. The van der Waals surface area contributed by atoms with Gasteiger partial charge < -0.3 is 9.84 Å². The molecule has 1 aliphatic rings. The fraction of sp³-hybridized carbons (Fsp3) is 0.875. The number of carbonyl (C=O) groups is 1. The second-order valence-corrected chi connectivity index (χ2v) is 5.54. The van der Waals surface area contributed by atoms with E-state index >= 15 is 0 Å². The van der Waals surface area contributed by atoms with Gasteiger partial charge in [0.2, 0.25) is 0 Å². The molecular weight excluding hydrogens is 262 g/mol. The molecule has 0 bridgehead atoms. The van der Waals surface area contributed by atoms with Gasteiger partial charge in [0.1, 0.15) is 0 Å². The largest absolute Gasteiger partial charge is 0.465 e. The van der Waals surface area contributed by atoms with Gasteiger partial charge in [-0.1, -0.05) is 6.42 Å². The molecular formula is C8H12F2O6S. The molecule has 0 aromatic heterocycles. The molecule has 17 heavy (non-hydrogen) atoms. The summed E-state index contributed by atoms with van der Waals surface area (Å²) in [6, 6.07) is 0. The minimum absolute atomic E-state index is 0.336. The summed E-state index contributed by atoms with van der Waals surface area (Å²) in [4.78, 5) is 10.8. The lowest BCUT2D eigenvalue weighted by atomic mass is 9.70. The SMILES string of the molecule is O=C(OCC1(CO)CCC1)C(F)(F)S(=O)(=O)O. The molecule has 1 rings (SSSR count). The first kappa shape index (κ1) is 14.3. The van der Waals surface area contributed by atoms with Gasteiger partial charge >= 0.3 is 21.3 Å². The van der Waals surface area contributed by atoms with Crippen LogP contribution in [0, 0.1) is 5.41 Å². The van der Waals surface area contributed by atoms with E-state index in [0.29, 0.717) is 12.8 Å². The fourth-order valence-electron chi connectivity index (χ4n) is 1.43. The molecule has 0 radical (unpaired) electrons. The molecule has 0 unspecified atom stereocenters. The number of rotatable bonds is 5. The van der Waals surface area contributed by atoms with Gasteiger partial charge in [-0.3, -0.25) is 4.55 Å². The van der Waals surface area contributed by atoms with E-state index < -0.39 is 33.4 Å². The standard InChI is InChI=1S/C8H12F2O6S/c9-8(10,17(13,14)15)6(12)16-5-7(4-11)2-1-3-7/h11H,1-5H2,(H,13,14,15). The van der Waals surface area contributed by atoms with Gasteiger partial charge in [-0.2, -0.15) is 17.2 Å². The predicted octanol–water partition coefficient (Wildman–Crippen LogP) is 0.173. The van der Waals surface area contributed by atoms with Crippen LogP contribution in [0.2, 0.25) is 0 Å². The van der Waals surface area contributed by atoms with Crippen LogP contribution in [-0.2, 0) is 19.6 Å². The Morgan fingerprint density at radius 2 is 1.94 bits per heavy atom. The number of carbonyl (C=O) groups excluding carboxylic acids is 1. The van der Waals surface area contributed by atoms with Crippen molar-refractivity contribution in [3.05, 3.63) is 0 Å². The molecule has 0 atom stereocenters. The zero-order valence-corrected chi connectivity index (χ0v) is 9.54. The average Bonchev–Trinajstić information content (AvgIpc) is 2.14. The molecule has 0 aliphatic heterocycles. The van der Waals surface area contributed by atoms with Crippen LogP contribution in [0.1, 0.15) is 19.3 Å². The summed E-state index contributed by atoms with van der Waals surface area (Å²) < 4.78 is 58.2. The smallest absolute Gasteiger partial charge is 0.460 e.